The molecule has 0 spiro atoms. The van der Waals surface area contributed by atoms with Crippen molar-refractivity contribution < 1.29 is 59.0 Å². The fraction of sp³-hybridized carbons (Fsp3) is 0.222. The summed E-state index contributed by atoms with van der Waals surface area (Å²) in [5.74, 6) is 0. The van der Waals surface area contributed by atoms with Crippen LogP contribution in [-0.4, -0.2) is 0 Å². The second-order valence-corrected chi connectivity index (χ2v) is 9.55. The third kappa shape index (κ3) is 28.4. The molecule has 0 aromatic heterocycles. The van der Waals surface area contributed by atoms with Crippen molar-refractivity contribution in [2.75, 3.05) is 0 Å². The van der Waals surface area contributed by atoms with Crippen molar-refractivity contribution in [1.29, 1.82) is 0 Å². The van der Waals surface area contributed by atoms with Gasteiger partial charge < -0.3 is 16.8 Å². The molecule has 236 valence electrons. The number of hydrogen-bond acceptors (Lipinski definition) is 6. The van der Waals surface area contributed by atoms with Crippen molar-refractivity contribution in [2.24, 2.45) is 0 Å². The average Bonchev–Trinajstić information content (AvgIpc) is 3.03. The van der Waals surface area contributed by atoms with E-state index in [1.54, 1.807) is 12.2 Å². The second-order valence-electron chi connectivity index (χ2n) is 7.97. The van der Waals surface area contributed by atoms with Crippen LogP contribution in [0.4, 0.5) is 0 Å². The Morgan fingerprint density at radius 1 is 0.477 bits per heavy atom. The van der Waals surface area contributed by atoms with E-state index in [0.29, 0.717) is 0 Å². The first-order chi connectivity index (χ1) is 20.2. The predicted molar refractivity (Wildman–Crippen MR) is 181 cm³/mol. The summed E-state index contributed by atoms with van der Waals surface area (Å²) in [7, 11) is -4.22. The van der Waals surface area contributed by atoms with Crippen molar-refractivity contribution in [2.45, 2.75) is 55.4 Å². The minimum absolute atomic E-state index is 0. The van der Waals surface area contributed by atoms with Crippen molar-refractivity contribution in [1.82, 2.24) is 0 Å². The third-order valence-corrected chi connectivity index (χ3v) is 5.74. The van der Waals surface area contributed by atoms with Gasteiger partial charge in [0, 0.05) is 0 Å². The van der Waals surface area contributed by atoms with E-state index < -0.39 is 21.4 Å². The third-order valence-electron chi connectivity index (χ3n) is 5.02. The first-order valence-electron chi connectivity index (χ1n) is 13.7. The smallest absolute Gasteiger partial charge is 0.420 e. The van der Waals surface area contributed by atoms with E-state index in [1.165, 1.54) is 22.3 Å². The monoisotopic (exact) mass is 972 g/mol. The molecule has 0 unspecified atom stereocenters. The Bertz CT molecular complexity index is 1250. The van der Waals surface area contributed by atoms with E-state index in [2.05, 4.69) is 12.1 Å². The van der Waals surface area contributed by atoms with Gasteiger partial charge in [0.25, 0.3) is 0 Å². The molecule has 4 nitrogen and oxygen atoms in total. The van der Waals surface area contributed by atoms with E-state index in [-0.39, 0.29) is 42.1 Å². The fourth-order valence-electron chi connectivity index (χ4n) is 2.69. The van der Waals surface area contributed by atoms with Crippen molar-refractivity contribution >= 4 is 33.6 Å². The summed E-state index contributed by atoms with van der Waals surface area (Å²) in [6.45, 7) is 16.0. The largest absolute Gasteiger partial charge is 2.00 e. The molecule has 0 aliphatic rings. The second kappa shape index (κ2) is 33.5. The molecule has 4 aromatic rings. The Morgan fingerprint density at radius 3 is 0.955 bits per heavy atom. The molecule has 0 heterocycles. The maximum absolute atomic E-state index is 10.2. The molecule has 0 aliphatic heterocycles. The van der Waals surface area contributed by atoms with Crippen LogP contribution in [0.25, 0.3) is 12.2 Å². The fourth-order valence-corrected chi connectivity index (χ4v) is 3.23. The van der Waals surface area contributed by atoms with Crippen molar-refractivity contribution in [3.05, 3.63) is 153 Å². The molecule has 0 aliphatic carbocycles. The summed E-state index contributed by atoms with van der Waals surface area (Å²) in [5, 5.41) is 2.29. The molecule has 0 amide bonds. The molecule has 0 atom stereocenters. The molecule has 0 saturated carbocycles. The van der Waals surface area contributed by atoms with Gasteiger partial charge in [-0.05, 0) is 61.1 Å². The summed E-state index contributed by atoms with van der Waals surface area (Å²) in [5.41, 5.74) is 6.57. The van der Waals surface area contributed by atoms with Crippen LogP contribution >= 0.6 is 0 Å². The Balaban J connectivity index is -0.000000240. The molecule has 44 heavy (non-hydrogen) atoms. The minimum Gasteiger partial charge on any atom is -0.420 e. The maximum atomic E-state index is 10.2. The molecule has 4 rings (SSSR count). The van der Waals surface area contributed by atoms with E-state index >= 15 is 0 Å². The normalized spacial score (nSPS) is 9.14. The first-order valence-corrected chi connectivity index (χ1v) is 16.0. The Kier molecular flexibility index (Phi) is 37.0. The van der Waals surface area contributed by atoms with Gasteiger partial charge in [0.1, 0.15) is 0 Å². The molecule has 0 bridgehead atoms. The molecule has 0 saturated heterocycles. The van der Waals surface area contributed by atoms with Crippen LogP contribution in [0.2, 0.25) is 0 Å². The number of rotatable bonds is 4. The van der Waals surface area contributed by atoms with Gasteiger partial charge in [-0.2, -0.15) is 72.8 Å². The van der Waals surface area contributed by atoms with E-state index in [0.717, 1.165) is 21.9 Å². The molecule has 0 N–H and O–H groups in total. The number of benzene rings is 4. The minimum atomic E-state index is -2.11. The van der Waals surface area contributed by atoms with Gasteiger partial charge in [0.15, 0.2) is 0 Å². The van der Waals surface area contributed by atoms with Gasteiger partial charge in [-0.1, -0.05) is 97.7 Å². The van der Waals surface area contributed by atoms with Gasteiger partial charge in [0.2, 0.25) is 0 Å². The SMILES string of the molecule is CC.CC.Cc1ccc(/C=C/[S-](=O)=O)cc1C.Cc1ccc(/C=C/[S-](=O)=O)cc1C.[W+2].[W+2].[c-]1ccccc1.[c-]1ccccc1. The zero-order valence-electron chi connectivity index (χ0n) is 26.8. The number of aryl methyl sites for hydroxylation is 4. The van der Waals surface area contributed by atoms with Gasteiger partial charge in [-0.15, -0.1) is 10.8 Å². The maximum Gasteiger partial charge on any atom is 2.00 e. The van der Waals surface area contributed by atoms with Gasteiger partial charge in [0.05, 0.1) is 0 Å². The quantitative estimate of drug-likeness (QED) is 0.151. The van der Waals surface area contributed by atoms with Crippen LogP contribution in [0.5, 0.6) is 0 Å². The Morgan fingerprint density at radius 2 is 0.773 bits per heavy atom. The summed E-state index contributed by atoms with van der Waals surface area (Å²) in [6.07, 6.45) is 3.16. The van der Waals surface area contributed by atoms with Crippen LogP contribution in [0, 0.1) is 39.8 Å². The molecule has 4 aromatic carbocycles. The molecular weight excluding hydrogens is 928 g/mol. The van der Waals surface area contributed by atoms with E-state index in [1.807, 2.05) is 152 Å². The summed E-state index contributed by atoms with van der Waals surface area (Å²) < 4.78 is 41.0. The van der Waals surface area contributed by atoms with Gasteiger partial charge in [-0.3, -0.25) is 0 Å². The van der Waals surface area contributed by atoms with Crippen LogP contribution in [0.3, 0.4) is 0 Å². The van der Waals surface area contributed by atoms with Crippen LogP contribution in [0.15, 0.2) is 108 Å². The molecular formula is C36H44O4S2W2. The van der Waals surface area contributed by atoms with Crippen molar-refractivity contribution in [3.63, 3.8) is 0 Å². The summed E-state index contributed by atoms with van der Waals surface area (Å²) in [6, 6.07) is 36.7. The van der Waals surface area contributed by atoms with E-state index in [4.69, 9.17) is 0 Å². The predicted octanol–water partition coefficient (Wildman–Crippen LogP) is 10.2. The van der Waals surface area contributed by atoms with Gasteiger partial charge in [-0.25, -0.2) is 0 Å². The Labute approximate surface area is 299 Å². The van der Waals surface area contributed by atoms with Crippen LogP contribution < -0.4 is 0 Å². The van der Waals surface area contributed by atoms with Crippen molar-refractivity contribution in [3.8, 4) is 0 Å². The first kappa shape index (κ1) is 48.5. The van der Waals surface area contributed by atoms with Crippen LogP contribution in [0.1, 0.15) is 61.1 Å². The van der Waals surface area contributed by atoms with E-state index in [9.17, 15) is 16.8 Å². The zero-order valence-corrected chi connectivity index (χ0v) is 34.3. The molecule has 0 radical (unpaired) electrons. The molecule has 0 fully saturated rings. The zero-order chi connectivity index (χ0) is 32.2. The number of hydrogen-bond donors (Lipinski definition) is 0. The standard InChI is InChI=1S/2C10H11O2S.2C6H5.2C2H6.2W/c2*1-8-3-4-10(7-9(8)2)5-6-13(11)12;2*1-2-4-6-5-3-1;2*1-2;;/h2*3-7H,1-2H3;2*1-5H;2*1-2H3;;/q4*-1;;;2*+2/b2*6-5+;;;;;;. The molecule has 8 heteroatoms. The summed E-state index contributed by atoms with van der Waals surface area (Å²) in [4.78, 5) is 0. The summed E-state index contributed by atoms with van der Waals surface area (Å²) >= 11 is 0. The average molecular weight is 973 g/mol. The van der Waals surface area contributed by atoms with Gasteiger partial charge >= 0.3 is 42.1 Å². The van der Waals surface area contributed by atoms with Crippen LogP contribution in [-0.2, 0) is 80.4 Å². The topological polar surface area (TPSA) is 68.3 Å². The Hall–Kier alpha value is -2.36.